The van der Waals surface area contributed by atoms with Crippen molar-refractivity contribution >= 4 is 28.0 Å². The van der Waals surface area contributed by atoms with Crippen LogP contribution in [0, 0.1) is 0 Å². The van der Waals surface area contributed by atoms with Gasteiger partial charge in [0.15, 0.2) is 0 Å². The van der Waals surface area contributed by atoms with Gasteiger partial charge in [0.25, 0.3) is 0 Å². The van der Waals surface area contributed by atoms with Gasteiger partial charge in [0.1, 0.15) is 17.5 Å². The lowest BCUT2D eigenvalue weighted by atomic mass is 9.90. The molecule has 162 valence electrons. The van der Waals surface area contributed by atoms with Gasteiger partial charge in [0.05, 0.1) is 6.61 Å². The van der Waals surface area contributed by atoms with Crippen LogP contribution in [-0.4, -0.2) is 36.0 Å². The minimum absolute atomic E-state index is 0.275. The van der Waals surface area contributed by atoms with Gasteiger partial charge in [0, 0.05) is 4.47 Å². The second-order valence-electron chi connectivity index (χ2n) is 8.20. The minimum atomic E-state index is -1.53. The van der Waals surface area contributed by atoms with Crippen molar-refractivity contribution in [3.05, 3.63) is 28.2 Å². The Labute approximate surface area is 180 Å². The first-order valence-corrected chi connectivity index (χ1v) is 10.6. The quantitative estimate of drug-likeness (QED) is 0.352. The van der Waals surface area contributed by atoms with Crippen molar-refractivity contribution in [3.63, 3.8) is 0 Å². The number of ether oxygens (including phenoxy) is 3. The second-order valence-corrected chi connectivity index (χ2v) is 9.12. The van der Waals surface area contributed by atoms with Crippen molar-refractivity contribution in [2.24, 2.45) is 0 Å². The van der Waals surface area contributed by atoms with Crippen LogP contribution in [0.4, 0.5) is 4.79 Å². The predicted octanol–water partition coefficient (Wildman–Crippen LogP) is 4.70. The van der Waals surface area contributed by atoms with Crippen molar-refractivity contribution in [1.29, 1.82) is 0 Å². The van der Waals surface area contributed by atoms with Crippen LogP contribution >= 0.6 is 15.9 Å². The lowest BCUT2D eigenvalue weighted by Gasteiger charge is -2.37. The monoisotopic (exact) mass is 471 g/mol. The van der Waals surface area contributed by atoms with Gasteiger partial charge >= 0.3 is 12.1 Å². The summed E-state index contributed by atoms with van der Waals surface area (Å²) in [6.07, 6.45) is 1.43. The third-order valence-corrected chi connectivity index (χ3v) is 4.96. The molecule has 0 radical (unpaired) electrons. The zero-order chi connectivity index (χ0) is 21.7. The van der Waals surface area contributed by atoms with Crippen molar-refractivity contribution in [2.75, 3.05) is 6.61 Å². The summed E-state index contributed by atoms with van der Waals surface area (Å²) in [6, 6.07) is 5.70. The lowest BCUT2D eigenvalue weighted by Crippen LogP contribution is -2.57. The number of fused-ring (bicyclic) bond motifs is 1. The molecule has 1 N–H and O–H groups in total. The fourth-order valence-electron chi connectivity index (χ4n) is 2.88. The molecule has 1 heterocycles. The van der Waals surface area contributed by atoms with Crippen molar-refractivity contribution < 1.29 is 28.6 Å². The summed E-state index contributed by atoms with van der Waals surface area (Å²) in [6.45, 7) is 9.06. The van der Waals surface area contributed by atoms with E-state index in [1.165, 1.54) is 0 Å². The van der Waals surface area contributed by atoms with E-state index in [1.807, 2.05) is 25.1 Å². The highest BCUT2D eigenvalue weighted by Gasteiger charge is 2.48. The molecule has 0 aliphatic carbocycles. The van der Waals surface area contributed by atoms with Gasteiger partial charge in [0.2, 0.25) is 5.60 Å². The number of hydrogen-bond donors (Lipinski definition) is 1. The molecule has 0 fully saturated rings. The minimum Gasteiger partial charge on any atom is -0.486 e. The molecule has 0 saturated carbocycles. The highest BCUT2D eigenvalue weighted by Crippen LogP contribution is 2.35. The lowest BCUT2D eigenvalue weighted by molar-refractivity contribution is -0.196. The number of carbonyl (C=O) groups excluding carboxylic acids is 2. The van der Waals surface area contributed by atoms with Crippen molar-refractivity contribution in [1.82, 2.24) is 5.48 Å². The van der Waals surface area contributed by atoms with Crippen LogP contribution < -0.4 is 10.2 Å². The Kier molecular flexibility index (Phi) is 7.94. The molecule has 2 unspecified atom stereocenters. The molecule has 29 heavy (non-hydrogen) atoms. The van der Waals surface area contributed by atoms with Gasteiger partial charge in [-0.15, -0.1) is 0 Å². The predicted molar refractivity (Wildman–Crippen MR) is 112 cm³/mol. The summed E-state index contributed by atoms with van der Waals surface area (Å²) in [5.74, 6) is 0.0884. The number of unbranched alkanes of at least 4 members (excludes halogenated alkanes) is 1. The van der Waals surface area contributed by atoms with Crippen LogP contribution in [-0.2, 0) is 25.5 Å². The molecule has 1 aromatic carbocycles. The number of hydroxylamine groups is 1. The van der Waals surface area contributed by atoms with E-state index in [4.69, 9.17) is 19.0 Å². The van der Waals surface area contributed by atoms with Crippen LogP contribution in [0.1, 0.15) is 59.4 Å². The third kappa shape index (κ3) is 6.60. The highest BCUT2D eigenvalue weighted by atomic mass is 79.9. The maximum Gasteiger partial charge on any atom is 0.431 e. The number of rotatable bonds is 7. The third-order valence-electron chi connectivity index (χ3n) is 4.46. The molecule has 1 aromatic rings. The van der Waals surface area contributed by atoms with Gasteiger partial charge in [-0.25, -0.2) is 14.4 Å². The maximum atomic E-state index is 12.9. The fraction of sp³-hybridized carbons (Fsp3) is 0.619. The highest BCUT2D eigenvalue weighted by molar-refractivity contribution is 9.10. The molecule has 8 heteroatoms. The van der Waals surface area contributed by atoms with Crippen LogP contribution in [0.15, 0.2) is 22.7 Å². The van der Waals surface area contributed by atoms with Crippen LogP contribution in [0.2, 0.25) is 0 Å². The molecule has 1 aliphatic heterocycles. The number of nitrogens with one attached hydrogen (secondary N) is 1. The average Bonchev–Trinajstić information content (AvgIpc) is 2.64. The summed E-state index contributed by atoms with van der Waals surface area (Å²) in [7, 11) is 0. The number of aryl methyl sites for hydroxylation is 1. The number of benzene rings is 1. The Bertz CT molecular complexity index is 732. The SMILES string of the molecule is CCCCOC(=O)C(C)(ONC(=O)OC(C)(C)C)C1CCc2cc(Br)ccc2O1. The summed E-state index contributed by atoms with van der Waals surface area (Å²) in [5.41, 5.74) is 1.04. The maximum absolute atomic E-state index is 12.9. The molecule has 1 aliphatic rings. The normalized spacial score (nSPS) is 18.1. The molecule has 1 amide bonds. The van der Waals surface area contributed by atoms with Crippen LogP contribution in [0.25, 0.3) is 0 Å². The van der Waals surface area contributed by atoms with E-state index >= 15 is 0 Å². The Balaban J connectivity index is 2.16. The average molecular weight is 472 g/mol. The molecule has 0 bridgehead atoms. The van der Waals surface area contributed by atoms with Gasteiger partial charge in [-0.3, -0.25) is 0 Å². The molecule has 0 aromatic heterocycles. The largest absolute Gasteiger partial charge is 0.486 e. The Morgan fingerprint density at radius 2 is 2.00 bits per heavy atom. The topological polar surface area (TPSA) is 83.1 Å². The number of carbonyl (C=O) groups is 2. The van der Waals surface area contributed by atoms with Gasteiger partial charge in [-0.2, -0.15) is 5.48 Å². The van der Waals surface area contributed by atoms with E-state index < -0.39 is 29.4 Å². The summed E-state index contributed by atoms with van der Waals surface area (Å²) in [4.78, 5) is 30.5. The zero-order valence-electron chi connectivity index (χ0n) is 17.7. The van der Waals surface area contributed by atoms with Crippen LogP contribution in [0.3, 0.4) is 0 Å². The van der Waals surface area contributed by atoms with E-state index in [2.05, 4.69) is 21.4 Å². The van der Waals surface area contributed by atoms with E-state index in [9.17, 15) is 9.59 Å². The van der Waals surface area contributed by atoms with Gasteiger partial charge in [-0.1, -0.05) is 29.3 Å². The smallest absolute Gasteiger partial charge is 0.431 e. The summed E-state index contributed by atoms with van der Waals surface area (Å²) >= 11 is 3.45. The molecule has 2 atom stereocenters. The molecular weight excluding hydrogens is 442 g/mol. The fourth-order valence-corrected chi connectivity index (χ4v) is 3.29. The number of halogens is 1. The molecule has 7 nitrogen and oxygen atoms in total. The standard InChI is InChI=1S/C21H30BrNO6/c1-6-7-12-26-18(24)21(5,29-23-19(25)28-20(2,3)4)17-11-8-14-13-15(22)9-10-16(14)27-17/h9-10,13,17H,6-8,11-12H2,1-5H3,(H,23,25). The van der Waals surface area contributed by atoms with Gasteiger partial charge < -0.3 is 14.2 Å². The van der Waals surface area contributed by atoms with E-state index in [0.717, 1.165) is 22.9 Å². The van der Waals surface area contributed by atoms with E-state index in [0.29, 0.717) is 18.6 Å². The summed E-state index contributed by atoms with van der Waals surface area (Å²) < 4.78 is 17.6. The molecule has 0 saturated heterocycles. The van der Waals surface area contributed by atoms with E-state index in [-0.39, 0.29) is 6.61 Å². The molecule has 2 rings (SSSR count). The number of hydrogen-bond acceptors (Lipinski definition) is 6. The second kappa shape index (κ2) is 9.80. The first-order valence-electron chi connectivity index (χ1n) is 9.84. The summed E-state index contributed by atoms with van der Waals surface area (Å²) in [5, 5.41) is 0. The molecule has 0 spiro atoms. The van der Waals surface area contributed by atoms with E-state index in [1.54, 1.807) is 27.7 Å². The Morgan fingerprint density at radius 3 is 2.66 bits per heavy atom. The first kappa shape index (κ1) is 23.5. The first-order chi connectivity index (χ1) is 13.5. The number of esters is 1. The molecular formula is C21H30BrNO6. The zero-order valence-corrected chi connectivity index (χ0v) is 19.3. The van der Waals surface area contributed by atoms with Crippen LogP contribution in [0.5, 0.6) is 5.75 Å². The van der Waals surface area contributed by atoms with Crippen molar-refractivity contribution in [2.45, 2.75) is 77.6 Å². The Hall–Kier alpha value is -1.80. The Morgan fingerprint density at radius 1 is 1.28 bits per heavy atom. The number of amides is 1. The van der Waals surface area contributed by atoms with Gasteiger partial charge in [-0.05, 0) is 70.7 Å². The van der Waals surface area contributed by atoms with Crippen molar-refractivity contribution in [3.8, 4) is 5.75 Å².